The molecule has 0 aromatic carbocycles. The molecule has 4 unspecified atom stereocenters. The molecule has 0 aromatic rings. The van der Waals surface area contributed by atoms with Crippen LogP contribution in [-0.4, -0.2) is 55.6 Å². The van der Waals surface area contributed by atoms with E-state index < -0.39 is 6.04 Å². The van der Waals surface area contributed by atoms with E-state index in [0.29, 0.717) is 5.92 Å². The summed E-state index contributed by atoms with van der Waals surface area (Å²) in [5.74, 6) is 0.00592. The van der Waals surface area contributed by atoms with E-state index in [0.717, 1.165) is 25.9 Å². The molecule has 1 rings (SSSR count). The summed E-state index contributed by atoms with van der Waals surface area (Å²) in [4.78, 5) is 26.0. The SMILES string of the molecule is CCC(C)C(NC(=O)CN1CCC(C)C(N)C1)C(=O)OC. The van der Waals surface area contributed by atoms with E-state index in [1.54, 1.807) is 0 Å². The third kappa shape index (κ3) is 5.28. The van der Waals surface area contributed by atoms with Crippen LogP contribution < -0.4 is 11.1 Å². The standard InChI is InChI=1S/C15H29N3O3/c1-5-10(2)14(15(20)21-4)17-13(19)9-18-7-6-11(3)12(16)8-18/h10-12,14H,5-9,16H2,1-4H3,(H,17,19). The molecule has 1 aliphatic rings. The number of rotatable bonds is 6. The van der Waals surface area contributed by atoms with Crippen molar-refractivity contribution in [2.75, 3.05) is 26.7 Å². The quantitative estimate of drug-likeness (QED) is 0.692. The number of carbonyl (C=O) groups is 2. The molecule has 1 amide bonds. The van der Waals surface area contributed by atoms with Crippen LogP contribution in [0.25, 0.3) is 0 Å². The molecular weight excluding hydrogens is 270 g/mol. The second-order valence-electron chi connectivity index (χ2n) is 6.12. The van der Waals surface area contributed by atoms with Gasteiger partial charge in [-0.15, -0.1) is 0 Å². The highest BCUT2D eigenvalue weighted by Gasteiger charge is 2.29. The minimum absolute atomic E-state index is 0.0463. The van der Waals surface area contributed by atoms with Crippen LogP contribution in [0.2, 0.25) is 0 Å². The average Bonchev–Trinajstić information content (AvgIpc) is 2.47. The van der Waals surface area contributed by atoms with Crippen LogP contribution in [0.1, 0.15) is 33.6 Å². The number of nitrogens with one attached hydrogen (secondary N) is 1. The van der Waals surface area contributed by atoms with Gasteiger partial charge in [0, 0.05) is 12.6 Å². The van der Waals surface area contributed by atoms with Crippen LogP contribution in [0.15, 0.2) is 0 Å². The van der Waals surface area contributed by atoms with Crippen LogP contribution in [0.5, 0.6) is 0 Å². The van der Waals surface area contributed by atoms with Gasteiger partial charge in [0.25, 0.3) is 0 Å². The molecule has 0 spiro atoms. The predicted octanol–water partition coefficient (Wildman–Crippen LogP) is 0.359. The van der Waals surface area contributed by atoms with Gasteiger partial charge in [-0.2, -0.15) is 0 Å². The Balaban J connectivity index is 2.52. The molecular formula is C15H29N3O3. The van der Waals surface area contributed by atoms with Crippen molar-refractivity contribution < 1.29 is 14.3 Å². The molecule has 6 heteroatoms. The van der Waals surface area contributed by atoms with Gasteiger partial charge in [0.15, 0.2) is 0 Å². The molecule has 21 heavy (non-hydrogen) atoms. The first-order valence-corrected chi connectivity index (χ1v) is 7.74. The normalized spacial score (nSPS) is 26.0. The molecule has 6 nitrogen and oxygen atoms in total. The van der Waals surface area contributed by atoms with Gasteiger partial charge < -0.3 is 15.8 Å². The fraction of sp³-hybridized carbons (Fsp3) is 0.867. The van der Waals surface area contributed by atoms with E-state index in [4.69, 9.17) is 10.5 Å². The zero-order valence-electron chi connectivity index (χ0n) is 13.6. The first-order chi connectivity index (χ1) is 9.88. The van der Waals surface area contributed by atoms with Crippen molar-refractivity contribution in [2.24, 2.45) is 17.6 Å². The highest BCUT2D eigenvalue weighted by molar-refractivity contribution is 5.85. The lowest BCUT2D eigenvalue weighted by atomic mass is 9.94. The largest absolute Gasteiger partial charge is 0.467 e. The Bertz CT molecular complexity index is 362. The van der Waals surface area contributed by atoms with E-state index >= 15 is 0 Å². The summed E-state index contributed by atoms with van der Waals surface area (Å²) in [6.45, 7) is 7.93. The minimum Gasteiger partial charge on any atom is -0.467 e. The number of hydrogen-bond donors (Lipinski definition) is 2. The van der Waals surface area contributed by atoms with Crippen molar-refractivity contribution in [2.45, 2.75) is 45.7 Å². The number of piperidine rings is 1. The molecule has 122 valence electrons. The van der Waals surface area contributed by atoms with Gasteiger partial charge in [0.05, 0.1) is 13.7 Å². The Morgan fingerprint density at radius 2 is 2.14 bits per heavy atom. The number of likely N-dealkylation sites (tertiary alicyclic amines) is 1. The Labute approximate surface area is 127 Å². The number of nitrogens with zero attached hydrogens (tertiary/aromatic N) is 1. The van der Waals surface area contributed by atoms with Crippen molar-refractivity contribution in [3.8, 4) is 0 Å². The van der Waals surface area contributed by atoms with Gasteiger partial charge in [-0.1, -0.05) is 27.2 Å². The second-order valence-corrected chi connectivity index (χ2v) is 6.12. The zero-order chi connectivity index (χ0) is 16.0. The van der Waals surface area contributed by atoms with E-state index in [-0.39, 0.29) is 30.4 Å². The molecule has 1 aliphatic heterocycles. The Morgan fingerprint density at radius 3 is 2.67 bits per heavy atom. The highest BCUT2D eigenvalue weighted by Crippen LogP contribution is 2.15. The summed E-state index contributed by atoms with van der Waals surface area (Å²) in [7, 11) is 1.34. The minimum atomic E-state index is -0.579. The highest BCUT2D eigenvalue weighted by atomic mass is 16.5. The third-order valence-corrected chi connectivity index (χ3v) is 4.45. The van der Waals surface area contributed by atoms with Crippen LogP contribution in [0.4, 0.5) is 0 Å². The molecule has 4 atom stereocenters. The molecule has 0 aromatic heterocycles. The van der Waals surface area contributed by atoms with E-state index in [1.165, 1.54) is 7.11 Å². The average molecular weight is 299 g/mol. The molecule has 1 heterocycles. The van der Waals surface area contributed by atoms with Crippen LogP contribution in [0.3, 0.4) is 0 Å². The van der Waals surface area contributed by atoms with Crippen LogP contribution in [-0.2, 0) is 14.3 Å². The summed E-state index contributed by atoms with van der Waals surface area (Å²) in [5, 5.41) is 2.80. The van der Waals surface area contributed by atoms with Gasteiger partial charge in [0.1, 0.15) is 6.04 Å². The monoisotopic (exact) mass is 299 g/mol. The maximum absolute atomic E-state index is 12.1. The van der Waals surface area contributed by atoms with Crippen molar-refractivity contribution >= 4 is 11.9 Å². The predicted molar refractivity (Wildman–Crippen MR) is 81.6 cm³/mol. The van der Waals surface area contributed by atoms with E-state index in [9.17, 15) is 9.59 Å². The second kappa shape index (κ2) is 8.34. The Morgan fingerprint density at radius 1 is 1.48 bits per heavy atom. The molecule has 3 N–H and O–H groups in total. The maximum atomic E-state index is 12.1. The first kappa shape index (κ1) is 17.9. The van der Waals surface area contributed by atoms with E-state index in [2.05, 4.69) is 12.2 Å². The number of nitrogens with two attached hydrogens (primary N) is 1. The summed E-state index contributed by atoms with van der Waals surface area (Å²) < 4.78 is 4.77. The number of hydrogen-bond acceptors (Lipinski definition) is 5. The number of esters is 1. The van der Waals surface area contributed by atoms with Gasteiger partial charge in [0.2, 0.25) is 5.91 Å². The van der Waals surface area contributed by atoms with Gasteiger partial charge in [-0.05, 0) is 24.8 Å². The van der Waals surface area contributed by atoms with Crippen LogP contribution in [0, 0.1) is 11.8 Å². The Hall–Kier alpha value is -1.14. The van der Waals surface area contributed by atoms with Crippen molar-refractivity contribution in [3.05, 3.63) is 0 Å². The topological polar surface area (TPSA) is 84.7 Å². The lowest BCUT2D eigenvalue weighted by Gasteiger charge is -2.34. The van der Waals surface area contributed by atoms with Gasteiger partial charge in [-0.3, -0.25) is 9.69 Å². The third-order valence-electron chi connectivity index (χ3n) is 4.45. The fourth-order valence-corrected chi connectivity index (χ4v) is 2.53. The zero-order valence-corrected chi connectivity index (χ0v) is 13.6. The van der Waals surface area contributed by atoms with Crippen molar-refractivity contribution in [1.82, 2.24) is 10.2 Å². The maximum Gasteiger partial charge on any atom is 0.328 e. The molecule has 1 fully saturated rings. The fourth-order valence-electron chi connectivity index (χ4n) is 2.53. The summed E-state index contributed by atoms with van der Waals surface area (Å²) in [6.07, 6.45) is 1.80. The van der Waals surface area contributed by atoms with Gasteiger partial charge >= 0.3 is 5.97 Å². The van der Waals surface area contributed by atoms with E-state index in [1.807, 2.05) is 18.7 Å². The number of methoxy groups -OCH3 is 1. The van der Waals surface area contributed by atoms with Crippen molar-refractivity contribution in [3.63, 3.8) is 0 Å². The summed E-state index contributed by atoms with van der Waals surface area (Å²) in [5.41, 5.74) is 6.04. The molecule has 1 saturated heterocycles. The molecule has 0 saturated carbocycles. The molecule has 0 aliphatic carbocycles. The van der Waals surface area contributed by atoms with Crippen LogP contribution >= 0.6 is 0 Å². The lowest BCUT2D eigenvalue weighted by molar-refractivity contribution is -0.146. The molecule has 0 bridgehead atoms. The number of ether oxygens (including phenoxy) is 1. The summed E-state index contributed by atoms with van der Waals surface area (Å²) >= 11 is 0. The summed E-state index contributed by atoms with van der Waals surface area (Å²) in [6, 6.07) is -0.470. The molecule has 0 radical (unpaired) electrons. The Kier molecular flexibility index (Phi) is 7.11. The lowest BCUT2D eigenvalue weighted by Crippen LogP contribution is -2.53. The van der Waals surface area contributed by atoms with Gasteiger partial charge in [-0.25, -0.2) is 4.79 Å². The number of carbonyl (C=O) groups excluding carboxylic acids is 2. The first-order valence-electron chi connectivity index (χ1n) is 7.74. The smallest absolute Gasteiger partial charge is 0.328 e. The number of amides is 1. The van der Waals surface area contributed by atoms with Crippen molar-refractivity contribution in [1.29, 1.82) is 0 Å².